The summed E-state index contributed by atoms with van der Waals surface area (Å²) in [6.07, 6.45) is 1.74. The van der Waals surface area contributed by atoms with Crippen molar-refractivity contribution in [2.75, 3.05) is 19.5 Å². The lowest BCUT2D eigenvalue weighted by Crippen LogP contribution is -2.01. The van der Waals surface area contributed by atoms with Gasteiger partial charge in [-0.15, -0.1) is 0 Å². The Bertz CT molecular complexity index is 845. The lowest BCUT2D eigenvalue weighted by Gasteiger charge is -2.10. The Balaban J connectivity index is 1.90. The van der Waals surface area contributed by atoms with E-state index in [2.05, 4.69) is 10.3 Å². The van der Waals surface area contributed by atoms with Crippen LogP contribution in [0.3, 0.4) is 0 Å². The molecule has 0 spiro atoms. The number of fused-ring (bicyclic) bond motifs is 1. The number of pyridine rings is 1. The Labute approximate surface area is 133 Å². The second kappa shape index (κ2) is 6.36. The molecule has 0 amide bonds. The molecule has 1 aromatic heterocycles. The van der Waals surface area contributed by atoms with Crippen molar-refractivity contribution < 1.29 is 14.3 Å². The van der Waals surface area contributed by atoms with Gasteiger partial charge in [0.25, 0.3) is 0 Å². The molecule has 0 aliphatic rings. The van der Waals surface area contributed by atoms with E-state index in [4.69, 9.17) is 9.47 Å². The number of nitrogens with one attached hydrogen (secondary N) is 1. The first-order valence-corrected chi connectivity index (χ1v) is 7.09. The van der Waals surface area contributed by atoms with Gasteiger partial charge in [-0.25, -0.2) is 4.79 Å². The monoisotopic (exact) mass is 308 g/mol. The highest BCUT2D eigenvalue weighted by Gasteiger charge is 2.06. The number of ether oxygens (including phenoxy) is 2. The van der Waals surface area contributed by atoms with Gasteiger partial charge < -0.3 is 14.8 Å². The Morgan fingerprint density at radius 3 is 2.52 bits per heavy atom. The summed E-state index contributed by atoms with van der Waals surface area (Å²) in [6, 6.07) is 14.8. The molecule has 3 rings (SSSR count). The molecule has 0 radical (unpaired) electrons. The third-order valence-electron chi connectivity index (χ3n) is 3.53. The minimum absolute atomic E-state index is 0.349. The number of carbonyl (C=O) groups excluding carboxylic acids is 1. The van der Waals surface area contributed by atoms with Crippen molar-refractivity contribution in [1.29, 1.82) is 0 Å². The van der Waals surface area contributed by atoms with E-state index in [0.717, 1.165) is 28.0 Å². The zero-order valence-electron chi connectivity index (χ0n) is 12.9. The van der Waals surface area contributed by atoms with Gasteiger partial charge in [0.2, 0.25) is 0 Å². The Morgan fingerprint density at radius 2 is 1.83 bits per heavy atom. The number of anilines is 2. The molecular formula is C18H16N2O3. The molecular weight excluding hydrogens is 292 g/mol. The summed E-state index contributed by atoms with van der Waals surface area (Å²) >= 11 is 0. The SMILES string of the molecule is COC(=O)c1ccc(Nc2ccnc3cc(OC)ccc23)cc1. The highest BCUT2D eigenvalue weighted by molar-refractivity contribution is 5.94. The van der Waals surface area contributed by atoms with Gasteiger partial charge >= 0.3 is 5.97 Å². The summed E-state index contributed by atoms with van der Waals surface area (Å²) in [7, 11) is 3.00. The van der Waals surface area contributed by atoms with E-state index in [1.807, 2.05) is 36.4 Å². The van der Waals surface area contributed by atoms with E-state index in [0.29, 0.717) is 5.56 Å². The normalized spacial score (nSPS) is 10.3. The molecule has 0 unspecified atom stereocenters. The highest BCUT2D eigenvalue weighted by Crippen LogP contribution is 2.27. The van der Waals surface area contributed by atoms with Crippen LogP contribution in [0.1, 0.15) is 10.4 Å². The smallest absolute Gasteiger partial charge is 0.337 e. The molecule has 1 heterocycles. The minimum Gasteiger partial charge on any atom is -0.497 e. The van der Waals surface area contributed by atoms with Gasteiger partial charge in [0, 0.05) is 29.0 Å². The molecule has 2 aromatic carbocycles. The van der Waals surface area contributed by atoms with Gasteiger partial charge in [-0.2, -0.15) is 0 Å². The lowest BCUT2D eigenvalue weighted by atomic mass is 10.1. The van der Waals surface area contributed by atoms with E-state index < -0.39 is 0 Å². The topological polar surface area (TPSA) is 60.5 Å². The van der Waals surface area contributed by atoms with Gasteiger partial charge in [-0.3, -0.25) is 4.98 Å². The summed E-state index contributed by atoms with van der Waals surface area (Å²) in [6.45, 7) is 0. The molecule has 0 aliphatic heterocycles. The predicted molar refractivity (Wildman–Crippen MR) is 89.4 cm³/mol. The van der Waals surface area contributed by atoms with Gasteiger partial charge in [0.05, 0.1) is 25.3 Å². The summed E-state index contributed by atoms with van der Waals surface area (Å²) in [5, 5.41) is 4.33. The van der Waals surface area contributed by atoms with Crippen molar-refractivity contribution in [2.24, 2.45) is 0 Å². The lowest BCUT2D eigenvalue weighted by molar-refractivity contribution is 0.0601. The minimum atomic E-state index is -0.349. The molecule has 0 saturated heterocycles. The van der Waals surface area contributed by atoms with E-state index in [1.54, 1.807) is 25.4 Å². The second-order valence-corrected chi connectivity index (χ2v) is 4.94. The van der Waals surface area contributed by atoms with Crippen LogP contribution in [-0.4, -0.2) is 25.2 Å². The number of rotatable bonds is 4. The quantitative estimate of drug-likeness (QED) is 0.743. The molecule has 0 atom stereocenters. The fourth-order valence-electron chi connectivity index (χ4n) is 2.33. The number of aromatic nitrogens is 1. The number of nitrogens with zero attached hydrogens (tertiary/aromatic N) is 1. The summed E-state index contributed by atoms with van der Waals surface area (Å²) in [4.78, 5) is 15.8. The number of methoxy groups -OCH3 is 2. The van der Waals surface area contributed by atoms with E-state index in [9.17, 15) is 4.79 Å². The molecule has 5 heteroatoms. The fourth-order valence-corrected chi connectivity index (χ4v) is 2.33. The maximum Gasteiger partial charge on any atom is 0.337 e. The van der Waals surface area contributed by atoms with Crippen LogP contribution in [0.15, 0.2) is 54.7 Å². The standard InChI is InChI=1S/C18H16N2O3/c1-22-14-7-8-15-16(9-10-19-17(15)11-14)20-13-5-3-12(4-6-13)18(21)23-2/h3-11H,1-2H3,(H,19,20). The number of hydrogen-bond donors (Lipinski definition) is 1. The van der Waals surface area contributed by atoms with E-state index >= 15 is 0 Å². The van der Waals surface area contributed by atoms with E-state index in [1.165, 1.54) is 7.11 Å². The Kier molecular flexibility index (Phi) is 4.10. The van der Waals surface area contributed by atoms with Crippen molar-refractivity contribution in [3.05, 3.63) is 60.3 Å². The van der Waals surface area contributed by atoms with Gasteiger partial charge in [0.1, 0.15) is 5.75 Å². The molecule has 116 valence electrons. The third kappa shape index (κ3) is 3.08. The zero-order valence-corrected chi connectivity index (χ0v) is 12.9. The van der Waals surface area contributed by atoms with Crippen molar-refractivity contribution in [1.82, 2.24) is 4.98 Å². The van der Waals surface area contributed by atoms with Gasteiger partial charge in [-0.1, -0.05) is 0 Å². The third-order valence-corrected chi connectivity index (χ3v) is 3.53. The van der Waals surface area contributed by atoms with Crippen molar-refractivity contribution in [3.63, 3.8) is 0 Å². The first kappa shape index (κ1) is 14.8. The molecule has 23 heavy (non-hydrogen) atoms. The number of carbonyl (C=O) groups is 1. The Hall–Kier alpha value is -3.08. The summed E-state index contributed by atoms with van der Waals surface area (Å²) in [5.41, 5.74) is 3.17. The van der Waals surface area contributed by atoms with Crippen LogP contribution in [0.5, 0.6) is 5.75 Å². The van der Waals surface area contributed by atoms with Crippen molar-refractivity contribution >= 4 is 28.2 Å². The van der Waals surface area contributed by atoms with Gasteiger partial charge in [0.15, 0.2) is 0 Å². The molecule has 3 aromatic rings. The number of esters is 1. The molecule has 5 nitrogen and oxygen atoms in total. The largest absolute Gasteiger partial charge is 0.497 e. The average molecular weight is 308 g/mol. The van der Waals surface area contributed by atoms with Crippen LogP contribution in [0.4, 0.5) is 11.4 Å². The molecule has 0 saturated carbocycles. The summed E-state index contributed by atoms with van der Waals surface area (Å²) < 4.78 is 9.92. The molecule has 0 bridgehead atoms. The van der Waals surface area contributed by atoms with Crippen LogP contribution >= 0.6 is 0 Å². The highest BCUT2D eigenvalue weighted by atomic mass is 16.5. The number of benzene rings is 2. The van der Waals surface area contributed by atoms with Crippen LogP contribution < -0.4 is 10.1 Å². The summed E-state index contributed by atoms with van der Waals surface area (Å²) in [5.74, 6) is 0.419. The van der Waals surface area contributed by atoms with Crippen LogP contribution in [-0.2, 0) is 4.74 Å². The van der Waals surface area contributed by atoms with Crippen molar-refractivity contribution in [3.8, 4) is 5.75 Å². The first-order valence-electron chi connectivity index (χ1n) is 7.09. The maximum absolute atomic E-state index is 11.5. The van der Waals surface area contributed by atoms with Gasteiger partial charge in [-0.05, 0) is 42.5 Å². The first-order chi connectivity index (χ1) is 11.2. The maximum atomic E-state index is 11.5. The zero-order chi connectivity index (χ0) is 16.2. The fraction of sp³-hybridized carbons (Fsp3) is 0.111. The molecule has 0 aliphatic carbocycles. The van der Waals surface area contributed by atoms with Crippen LogP contribution in [0.2, 0.25) is 0 Å². The van der Waals surface area contributed by atoms with Crippen LogP contribution in [0.25, 0.3) is 10.9 Å². The Morgan fingerprint density at radius 1 is 1.04 bits per heavy atom. The van der Waals surface area contributed by atoms with Crippen LogP contribution in [0, 0.1) is 0 Å². The van der Waals surface area contributed by atoms with E-state index in [-0.39, 0.29) is 5.97 Å². The average Bonchev–Trinajstić information content (AvgIpc) is 2.61. The predicted octanol–water partition coefficient (Wildman–Crippen LogP) is 3.77. The second-order valence-electron chi connectivity index (χ2n) is 4.94. The molecule has 1 N–H and O–H groups in total. The van der Waals surface area contributed by atoms with Crippen molar-refractivity contribution in [2.45, 2.75) is 0 Å². The number of hydrogen-bond acceptors (Lipinski definition) is 5. The molecule has 0 fully saturated rings.